The number of allylic oxidation sites excluding steroid dienone is 1. The van der Waals surface area contributed by atoms with Crippen molar-refractivity contribution in [3.05, 3.63) is 11.6 Å². The molecule has 1 unspecified atom stereocenters. The highest BCUT2D eigenvalue weighted by Gasteiger charge is 2.16. The Balaban J connectivity index is 2.58. The van der Waals surface area contributed by atoms with Crippen molar-refractivity contribution in [2.45, 2.75) is 57.9 Å². The first-order valence-corrected chi connectivity index (χ1v) is 5.74. The highest BCUT2D eigenvalue weighted by atomic mass is 16.1. The molecular weight excluding hydrogens is 174 g/mol. The number of carbonyl (C=O) groups excluding carboxylic acids is 1. The molecule has 0 aromatic carbocycles. The molecule has 1 aliphatic rings. The lowest BCUT2D eigenvalue weighted by atomic mass is 9.94. The molecule has 2 nitrogen and oxygen atoms in total. The van der Waals surface area contributed by atoms with E-state index in [1.165, 1.54) is 19.3 Å². The molecule has 1 rings (SSSR count). The van der Waals surface area contributed by atoms with E-state index in [9.17, 15) is 4.79 Å². The lowest BCUT2D eigenvalue weighted by molar-refractivity contribution is -0.117. The summed E-state index contributed by atoms with van der Waals surface area (Å²) in [5.41, 5.74) is 6.73. The van der Waals surface area contributed by atoms with Crippen LogP contribution in [0.3, 0.4) is 0 Å². The van der Waals surface area contributed by atoms with Crippen LogP contribution in [0.4, 0.5) is 0 Å². The van der Waals surface area contributed by atoms with Crippen molar-refractivity contribution in [1.82, 2.24) is 0 Å². The highest BCUT2D eigenvalue weighted by Crippen LogP contribution is 2.18. The van der Waals surface area contributed by atoms with Gasteiger partial charge in [-0.05, 0) is 37.7 Å². The predicted molar refractivity (Wildman–Crippen MR) is 59.1 cm³/mol. The van der Waals surface area contributed by atoms with E-state index in [4.69, 9.17) is 5.73 Å². The number of nitrogens with two attached hydrogens (primary N) is 1. The van der Waals surface area contributed by atoms with E-state index in [0.717, 1.165) is 31.3 Å². The van der Waals surface area contributed by atoms with Gasteiger partial charge in [-0.15, -0.1) is 0 Å². The molecule has 0 saturated carbocycles. The molecule has 0 fully saturated rings. The lowest BCUT2D eigenvalue weighted by Gasteiger charge is -2.13. The van der Waals surface area contributed by atoms with Gasteiger partial charge in [-0.1, -0.05) is 25.8 Å². The molecule has 0 aromatic rings. The largest absolute Gasteiger partial charge is 0.321 e. The second-order valence-corrected chi connectivity index (χ2v) is 4.06. The van der Waals surface area contributed by atoms with Crippen LogP contribution in [0.2, 0.25) is 0 Å². The third-order valence-corrected chi connectivity index (χ3v) is 2.88. The molecule has 0 spiro atoms. The molecular formula is C12H21NO. The molecule has 2 heteroatoms. The summed E-state index contributed by atoms with van der Waals surface area (Å²) < 4.78 is 0. The molecule has 2 N–H and O–H groups in total. The third-order valence-electron chi connectivity index (χ3n) is 2.88. The molecule has 0 radical (unpaired) electrons. The Labute approximate surface area is 86.6 Å². The van der Waals surface area contributed by atoms with Gasteiger partial charge in [-0.25, -0.2) is 0 Å². The lowest BCUT2D eigenvalue weighted by Crippen LogP contribution is -2.30. The maximum atomic E-state index is 11.8. The van der Waals surface area contributed by atoms with Crippen LogP contribution in [0.5, 0.6) is 0 Å². The van der Waals surface area contributed by atoms with Crippen molar-refractivity contribution >= 4 is 5.78 Å². The third kappa shape index (κ3) is 3.26. The van der Waals surface area contributed by atoms with E-state index in [0.29, 0.717) is 0 Å². The summed E-state index contributed by atoms with van der Waals surface area (Å²) in [4.78, 5) is 11.8. The van der Waals surface area contributed by atoms with Gasteiger partial charge in [0.25, 0.3) is 0 Å². The van der Waals surface area contributed by atoms with Crippen LogP contribution in [0.1, 0.15) is 51.9 Å². The van der Waals surface area contributed by atoms with Gasteiger partial charge in [0.05, 0.1) is 6.04 Å². The first-order valence-electron chi connectivity index (χ1n) is 5.74. The van der Waals surface area contributed by atoms with Crippen LogP contribution >= 0.6 is 0 Å². The number of Topliss-reactive ketones (excluding diaryl/α,β-unsaturated/α-hetero) is 1. The Kier molecular flexibility index (Phi) is 4.88. The fraction of sp³-hybridized carbons (Fsp3) is 0.750. The van der Waals surface area contributed by atoms with Crippen molar-refractivity contribution in [2.75, 3.05) is 0 Å². The maximum absolute atomic E-state index is 11.8. The van der Waals surface area contributed by atoms with E-state index in [1.807, 2.05) is 6.92 Å². The average molecular weight is 195 g/mol. The fourth-order valence-electron chi connectivity index (χ4n) is 1.84. The normalized spacial score (nSPS) is 24.3. The first kappa shape index (κ1) is 11.4. The number of carbonyl (C=O) groups is 1. The van der Waals surface area contributed by atoms with Crippen molar-refractivity contribution in [1.29, 1.82) is 0 Å². The molecule has 0 bridgehead atoms. The average Bonchev–Trinajstić information content (AvgIpc) is 2.15. The zero-order valence-corrected chi connectivity index (χ0v) is 9.09. The summed E-state index contributed by atoms with van der Waals surface area (Å²) in [6.45, 7) is 1.96. The van der Waals surface area contributed by atoms with Crippen LogP contribution in [-0.4, -0.2) is 11.8 Å². The van der Waals surface area contributed by atoms with Gasteiger partial charge in [0.15, 0.2) is 5.78 Å². The van der Waals surface area contributed by atoms with Crippen molar-refractivity contribution < 1.29 is 4.79 Å². The summed E-state index contributed by atoms with van der Waals surface area (Å²) in [6, 6.07) is -0.277. The maximum Gasteiger partial charge on any atom is 0.175 e. The topological polar surface area (TPSA) is 43.1 Å². The second-order valence-electron chi connectivity index (χ2n) is 4.06. The standard InChI is InChI=1S/C12H21NO/c1-2-11(13)12(14)10-8-6-4-3-5-7-9-10/h8,11H,2-7,9,13H2,1H3/b10-8+. The first-order chi connectivity index (χ1) is 6.75. The predicted octanol–water partition coefficient (Wildman–Crippen LogP) is 2.57. The molecule has 0 aromatic heterocycles. The van der Waals surface area contributed by atoms with Gasteiger partial charge in [0.1, 0.15) is 0 Å². The van der Waals surface area contributed by atoms with Crippen LogP contribution in [0, 0.1) is 0 Å². The molecule has 0 heterocycles. The minimum atomic E-state index is -0.277. The van der Waals surface area contributed by atoms with E-state index in [-0.39, 0.29) is 11.8 Å². The van der Waals surface area contributed by atoms with Crippen LogP contribution in [0.15, 0.2) is 11.6 Å². The molecule has 14 heavy (non-hydrogen) atoms. The van der Waals surface area contributed by atoms with Crippen molar-refractivity contribution in [2.24, 2.45) is 5.73 Å². The molecule has 1 aliphatic carbocycles. The number of rotatable bonds is 3. The Bertz CT molecular complexity index is 220. The zero-order chi connectivity index (χ0) is 10.4. The minimum Gasteiger partial charge on any atom is -0.321 e. The van der Waals surface area contributed by atoms with Gasteiger partial charge in [0, 0.05) is 0 Å². The van der Waals surface area contributed by atoms with E-state index < -0.39 is 0 Å². The number of hydrogen-bond donors (Lipinski definition) is 1. The van der Waals surface area contributed by atoms with Gasteiger partial charge < -0.3 is 5.73 Å². The summed E-state index contributed by atoms with van der Waals surface area (Å²) >= 11 is 0. The molecule has 1 atom stereocenters. The van der Waals surface area contributed by atoms with E-state index in [1.54, 1.807) is 0 Å². The van der Waals surface area contributed by atoms with Crippen LogP contribution < -0.4 is 5.73 Å². The van der Waals surface area contributed by atoms with Crippen LogP contribution in [-0.2, 0) is 4.79 Å². The van der Waals surface area contributed by atoms with E-state index in [2.05, 4.69) is 6.08 Å². The number of hydrogen-bond acceptors (Lipinski definition) is 2. The molecule has 0 saturated heterocycles. The Hall–Kier alpha value is -0.630. The Morgan fingerprint density at radius 1 is 1.43 bits per heavy atom. The van der Waals surface area contributed by atoms with Gasteiger partial charge >= 0.3 is 0 Å². The Morgan fingerprint density at radius 3 is 2.86 bits per heavy atom. The van der Waals surface area contributed by atoms with Crippen molar-refractivity contribution in [3.63, 3.8) is 0 Å². The van der Waals surface area contributed by atoms with Gasteiger partial charge in [-0.3, -0.25) is 4.79 Å². The monoisotopic (exact) mass is 195 g/mol. The minimum absolute atomic E-state index is 0.175. The van der Waals surface area contributed by atoms with Crippen molar-refractivity contribution in [3.8, 4) is 0 Å². The van der Waals surface area contributed by atoms with Gasteiger partial charge in [-0.2, -0.15) is 0 Å². The highest BCUT2D eigenvalue weighted by molar-refractivity contribution is 5.99. The zero-order valence-electron chi connectivity index (χ0n) is 9.09. The molecule has 0 aliphatic heterocycles. The smallest absolute Gasteiger partial charge is 0.175 e. The van der Waals surface area contributed by atoms with Crippen LogP contribution in [0.25, 0.3) is 0 Å². The fourth-order valence-corrected chi connectivity index (χ4v) is 1.84. The number of ketones is 1. The summed E-state index contributed by atoms with van der Waals surface area (Å²) in [6.07, 6.45) is 9.77. The molecule has 0 amide bonds. The van der Waals surface area contributed by atoms with Gasteiger partial charge in [0.2, 0.25) is 0 Å². The van der Waals surface area contributed by atoms with E-state index >= 15 is 0 Å². The Morgan fingerprint density at radius 2 is 2.14 bits per heavy atom. The summed E-state index contributed by atoms with van der Waals surface area (Å²) in [7, 11) is 0. The summed E-state index contributed by atoms with van der Waals surface area (Å²) in [5.74, 6) is 0.175. The SMILES string of the molecule is CCC(N)C(=O)/C1=C/CCCCCC1. The molecule has 80 valence electrons. The second kappa shape index (κ2) is 5.97. The quantitative estimate of drug-likeness (QED) is 0.752. The summed E-state index contributed by atoms with van der Waals surface area (Å²) in [5, 5.41) is 0.